The predicted molar refractivity (Wildman–Crippen MR) is 384 cm³/mol. The number of aliphatic carboxylic acids is 1. The minimum Gasteiger partial charge on any atom is -0.508 e. The number of aromatic hydroxyl groups is 1. The summed E-state index contributed by atoms with van der Waals surface area (Å²) in [5.74, 6) is -1.58. The lowest BCUT2D eigenvalue weighted by molar-refractivity contribution is -0.145. The number of nitrogens with one attached hydrogen (secondary N) is 2. The van der Waals surface area contributed by atoms with E-state index in [2.05, 4.69) is 154 Å². The number of aromatic nitrogens is 1. The van der Waals surface area contributed by atoms with Gasteiger partial charge in [0.05, 0.1) is 28.1 Å². The van der Waals surface area contributed by atoms with E-state index >= 15 is 0 Å². The van der Waals surface area contributed by atoms with Crippen molar-refractivity contribution in [3.63, 3.8) is 0 Å². The van der Waals surface area contributed by atoms with E-state index in [0.717, 1.165) is 42.6 Å². The Labute approximate surface area is 569 Å². The molecule has 1 fully saturated rings. The number of aromatic carboxylic acids is 1. The second-order valence-electron chi connectivity index (χ2n) is 24.9. The molecule has 95 heavy (non-hydrogen) atoms. The Bertz CT molecular complexity index is 3470. The molecule has 0 aliphatic carbocycles. The molecule has 3 heterocycles. The van der Waals surface area contributed by atoms with Crippen LogP contribution in [0.15, 0.2) is 205 Å². The third kappa shape index (κ3) is 25.5. The number of pyridine rings is 1. The Morgan fingerprint density at radius 2 is 1.22 bits per heavy atom. The van der Waals surface area contributed by atoms with Gasteiger partial charge in [0.1, 0.15) is 16.9 Å². The zero-order valence-electron chi connectivity index (χ0n) is 57.0. The van der Waals surface area contributed by atoms with Gasteiger partial charge in [-0.25, -0.2) is 9.59 Å². The largest absolute Gasteiger partial charge is 0.508 e. The van der Waals surface area contributed by atoms with Crippen LogP contribution in [-0.2, 0) is 36.4 Å². The van der Waals surface area contributed by atoms with E-state index in [1.54, 1.807) is 19.1 Å². The average molecular weight is 1330 g/mol. The molecule has 17 nitrogen and oxygen atoms in total. The van der Waals surface area contributed by atoms with Gasteiger partial charge in [0.2, 0.25) is 17.7 Å². The lowest BCUT2D eigenvalue weighted by Crippen LogP contribution is -2.62. The smallest absolute Gasteiger partial charge is 0.337 e. The molecule has 7 aromatic rings. The van der Waals surface area contributed by atoms with Gasteiger partial charge in [-0.3, -0.25) is 39.0 Å². The van der Waals surface area contributed by atoms with Crippen LogP contribution in [0.4, 0.5) is 16.2 Å². The van der Waals surface area contributed by atoms with Crippen LogP contribution in [0.3, 0.4) is 0 Å². The van der Waals surface area contributed by atoms with Crippen molar-refractivity contribution in [1.29, 1.82) is 0 Å². The monoisotopic (exact) mass is 1330 g/mol. The summed E-state index contributed by atoms with van der Waals surface area (Å²) in [6.07, 6.45) is 7.15. The van der Waals surface area contributed by atoms with Gasteiger partial charge in [-0.1, -0.05) is 181 Å². The molecular formula is C76H97N7O10S2. The highest BCUT2D eigenvalue weighted by molar-refractivity contribution is 7.99. The number of allylic oxidation sites excluding steroid dienone is 1. The Morgan fingerprint density at radius 1 is 0.695 bits per heavy atom. The first-order valence-electron chi connectivity index (χ1n) is 31.8. The average Bonchev–Trinajstić information content (AvgIpc) is 0.789. The number of urea groups is 1. The van der Waals surface area contributed by atoms with Crippen LogP contribution in [0, 0.1) is 23.2 Å². The number of hydrogen-bond donors (Lipinski definition) is 6. The molecule has 3 unspecified atom stereocenters. The van der Waals surface area contributed by atoms with Crippen LogP contribution in [0.2, 0.25) is 0 Å². The Balaban J connectivity index is 0.000000246. The van der Waals surface area contributed by atoms with Crippen LogP contribution >= 0.6 is 11.8 Å². The van der Waals surface area contributed by atoms with Crippen LogP contribution in [0.5, 0.6) is 5.75 Å². The molecule has 508 valence electrons. The van der Waals surface area contributed by atoms with Gasteiger partial charge in [-0.05, 0) is 168 Å². The summed E-state index contributed by atoms with van der Waals surface area (Å²) >= 11 is 1.87. The fourth-order valence-electron chi connectivity index (χ4n) is 10.8. The number of amides is 5. The standard InChI is InChI=1S/C17H20N2S.C15H15NO2S.C14H23NO.C13H18O2.C11H16N2O3.C6H5NO2/c1-13(18(2)3)12-19-14-8-4-6-10-16(14)20-17-11-7-5-9-15(17)19;16-14(17)11-19(18)15(12-7-3-1-4-8-12)13-9-5-2-6-10-13;1-5-14(11(2)10-15(3)4)12-7-6-8-13(16)9-12;1-9(2)8-11-4-6-12(7-5-11)10(3)13(14)15;1-4-5-11(6-7(2)3)8(14)12-10(16)13-9(11)15;8-6(9)5-2-1-3-7-4-5/h4-11,13H,12H2,1-3H3;1-10,15H,11H2,(H2,16,17);6-9,11,14,16H,5,10H2,1-4H3;4-7,9-10H,8H2,1-3H3,(H,14,15);4,7H,1,5-6H2,2-3H3,(H2,12,13,14,15,16);1-4H,(H,8,9)/t;;11-,14+;;;/m..0.../s1. The van der Waals surface area contributed by atoms with E-state index < -0.39 is 57.8 Å². The van der Waals surface area contributed by atoms with Gasteiger partial charge in [0.25, 0.3) is 0 Å². The minimum absolute atomic E-state index is 0.131. The summed E-state index contributed by atoms with van der Waals surface area (Å²) in [7, 11) is 7.12. The first kappa shape index (κ1) is 78.7. The van der Waals surface area contributed by atoms with Crippen molar-refractivity contribution in [3.05, 3.63) is 228 Å². The molecule has 7 N–H and O–H groups in total. The fourth-order valence-corrected chi connectivity index (χ4v) is 13.3. The number of carboxylic acid groups (broad SMARTS) is 2. The number of phenolic OH excluding ortho intramolecular Hbond substituents is 1. The SMILES string of the molecule is C=CCC1(CC(C)C)C(=O)NC(=O)NC1=O.CC(C)Cc1ccc(C(C)C(=O)O)cc1.CC(CN1c2ccccc2Sc2ccccc21)N(C)C.CC[C@@H](c1cccc(O)c1)[C@@H](C)CN(C)C.NC(=O)CS(=O)C(c1ccccc1)c1ccccc1.O=C(O)c1cccnc1. The highest BCUT2D eigenvalue weighted by Gasteiger charge is 2.49. The number of nitrogens with two attached hydrogens (primary N) is 1. The first-order chi connectivity index (χ1) is 45.1. The zero-order chi connectivity index (χ0) is 70.4. The summed E-state index contributed by atoms with van der Waals surface area (Å²) in [5, 5.41) is 30.6. The first-order valence-corrected chi connectivity index (χ1v) is 34.0. The Hall–Kier alpha value is -8.75. The number of barbiturate groups is 1. The normalized spacial score (nSPS) is 14.2. The number of para-hydroxylation sites is 2. The third-order valence-corrected chi connectivity index (χ3v) is 18.4. The second-order valence-corrected chi connectivity index (χ2v) is 27.5. The zero-order valence-corrected chi connectivity index (χ0v) is 58.6. The molecule has 6 aromatic carbocycles. The number of imide groups is 2. The van der Waals surface area contributed by atoms with Crippen molar-refractivity contribution >= 4 is 69.6 Å². The van der Waals surface area contributed by atoms with Gasteiger partial charge in [0, 0.05) is 52.1 Å². The van der Waals surface area contributed by atoms with E-state index in [0.29, 0.717) is 36.0 Å². The molecule has 1 aromatic heterocycles. The summed E-state index contributed by atoms with van der Waals surface area (Å²) in [4.78, 5) is 79.8. The van der Waals surface area contributed by atoms with Crippen LogP contribution in [0.1, 0.15) is 130 Å². The van der Waals surface area contributed by atoms with Gasteiger partial charge in [0.15, 0.2) is 0 Å². The summed E-state index contributed by atoms with van der Waals surface area (Å²) in [6, 6.07) is 54.8. The highest BCUT2D eigenvalue weighted by atomic mass is 32.2. The maximum atomic E-state index is 12.4. The highest BCUT2D eigenvalue weighted by Crippen LogP contribution is 2.48. The maximum absolute atomic E-state index is 12.4. The minimum atomic E-state index is -1.36. The number of rotatable bonds is 22. The van der Waals surface area contributed by atoms with Crippen molar-refractivity contribution in [2.45, 2.75) is 114 Å². The molecule has 5 atom stereocenters. The van der Waals surface area contributed by atoms with E-state index in [-0.39, 0.29) is 28.9 Å². The van der Waals surface area contributed by atoms with Crippen LogP contribution < -0.4 is 21.3 Å². The molecule has 1 saturated heterocycles. The van der Waals surface area contributed by atoms with E-state index in [9.17, 15) is 38.1 Å². The lowest BCUT2D eigenvalue weighted by atomic mass is 9.74. The number of anilines is 2. The number of carboxylic acids is 2. The number of primary amides is 1. The quantitative estimate of drug-likeness (QED) is 0.0273. The number of nitrogens with zero attached hydrogens (tertiary/aromatic N) is 4. The number of phenols is 1. The molecule has 0 saturated carbocycles. The van der Waals surface area contributed by atoms with Crippen molar-refractivity contribution < 1.29 is 48.3 Å². The number of carbonyl (C=O) groups is 6. The summed E-state index contributed by atoms with van der Waals surface area (Å²) in [5.41, 5.74) is 12.1. The third-order valence-electron chi connectivity index (χ3n) is 15.7. The van der Waals surface area contributed by atoms with Crippen molar-refractivity contribution in [2.75, 3.05) is 51.9 Å². The summed E-state index contributed by atoms with van der Waals surface area (Å²) < 4.78 is 12.4. The molecule has 2 aliphatic heterocycles. The Kier molecular flexibility index (Phi) is 33.0. The fraction of sp³-hybridized carbons (Fsp3) is 0.355. The van der Waals surface area contributed by atoms with Crippen molar-refractivity contribution in [3.8, 4) is 5.75 Å². The molecule has 19 heteroatoms. The molecule has 0 spiro atoms. The van der Waals surface area contributed by atoms with Crippen LogP contribution in [0.25, 0.3) is 0 Å². The molecule has 2 aliphatic rings. The number of carbonyl (C=O) groups excluding carboxylic acids is 4. The number of hydrogen-bond acceptors (Lipinski definition) is 13. The van der Waals surface area contributed by atoms with Crippen LogP contribution in [-0.4, -0.2) is 123 Å². The van der Waals surface area contributed by atoms with Gasteiger partial charge in [-0.15, -0.1) is 6.58 Å². The molecule has 5 amide bonds. The molecule has 0 bridgehead atoms. The van der Waals surface area contributed by atoms with Gasteiger partial charge < -0.3 is 35.8 Å². The molecular weight excluding hydrogens is 1240 g/mol. The topological polar surface area (TPSA) is 253 Å². The van der Waals surface area contributed by atoms with Gasteiger partial charge in [-0.2, -0.15) is 0 Å². The lowest BCUT2D eigenvalue weighted by Gasteiger charge is -2.36. The van der Waals surface area contributed by atoms with E-state index in [1.807, 2.05) is 123 Å². The number of benzene rings is 6. The van der Waals surface area contributed by atoms with Gasteiger partial charge >= 0.3 is 18.0 Å². The Morgan fingerprint density at radius 3 is 1.64 bits per heavy atom. The van der Waals surface area contributed by atoms with E-state index in [1.165, 1.54) is 56.8 Å². The van der Waals surface area contributed by atoms with E-state index in [4.69, 9.17) is 15.9 Å². The van der Waals surface area contributed by atoms with Crippen molar-refractivity contribution in [1.82, 2.24) is 25.4 Å². The second kappa shape index (κ2) is 39.8. The maximum Gasteiger partial charge on any atom is 0.337 e. The number of fused-ring (bicyclic) bond motifs is 2. The molecule has 9 rings (SSSR count). The number of likely N-dealkylation sites (N-methyl/N-ethyl adjacent to an activating group) is 1. The summed E-state index contributed by atoms with van der Waals surface area (Å²) in [6.45, 7) is 22.3. The van der Waals surface area contributed by atoms with Crippen molar-refractivity contribution in [2.24, 2.45) is 28.9 Å². The predicted octanol–water partition coefficient (Wildman–Crippen LogP) is 14.1. The molecule has 0 radical (unpaired) electrons.